The molecule has 1 heterocycles. The van der Waals surface area contributed by atoms with Crippen LogP contribution in [-0.4, -0.2) is 22.6 Å². The molecule has 3 N–H and O–H groups in total. The van der Waals surface area contributed by atoms with Crippen LogP contribution in [0.25, 0.3) is 0 Å². The molecule has 1 fully saturated rings. The van der Waals surface area contributed by atoms with Crippen molar-refractivity contribution < 1.29 is 4.39 Å². The zero-order chi connectivity index (χ0) is 10.8. The highest BCUT2D eigenvalue weighted by molar-refractivity contribution is 5.45. The molecule has 0 amide bonds. The van der Waals surface area contributed by atoms with Crippen LogP contribution in [-0.2, 0) is 0 Å². The van der Waals surface area contributed by atoms with E-state index in [-0.39, 0.29) is 5.95 Å². The molecule has 0 bridgehead atoms. The molecule has 0 aliphatic heterocycles. The van der Waals surface area contributed by atoms with Gasteiger partial charge in [0.25, 0.3) is 0 Å². The first-order valence-corrected chi connectivity index (χ1v) is 5.02. The molecule has 1 aromatic rings. The van der Waals surface area contributed by atoms with E-state index in [0.29, 0.717) is 11.9 Å². The summed E-state index contributed by atoms with van der Waals surface area (Å²) in [6.07, 6.45) is 3.34. The van der Waals surface area contributed by atoms with E-state index in [2.05, 4.69) is 15.4 Å². The maximum Gasteiger partial charge on any atom is 0.239 e. The van der Waals surface area contributed by atoms with Crippen LogP contribution in [0.15, 0.2) is 6.20 Å². The maximum atomic E-state index is 13.5. The number of nitrogens with one attached hydrogen (secondary N) is 1. The van der Waals surface area contributed by atoms with Gasteiger partial charge in [0.2, 0.25) is 5.95 Å². The number of hydrogen-bond acceptors (Lipinski definition) is 5. The average molecular weight is 211 g/mol. The van der Waals surface area contributed by atoms with E-state index in [9.17, 15) is 4.39 Å². The van der Waals surface area contributed by atoms with Crippen molar-refractivity contribution in [2.45, 2.75) is 25.8 Å². The summed E-state index contributed by atoms with van der Waals surface area (Å²) in [6, 6.07) is 0.421. The van der Waals surface area contributed by atoms with Crippen molar-refractivity contribution in [1.29, 1.82) is 0 Å². The Labute approximate surface area is 87.5 Å². The Bertz CT molecular complexity index is 352. The lowest BCUT2D eigenvalue weighted by molar-refractivity contribution is 0.602. The quantitative estimate of drug-likeness (QED) is 0.572. The van der Waals surface area contributed by atoms with Gasteiger partial charge in [-0.3, -0.25) is 5.43 Å². The minimum Gasteiger partial charge on any atom is -0.351 e. The van der Waals surface area contributed by atoms with Gasteiger partial charge in [-0.1, -0.05) is 0 Å². The van der Waals surface area contributed by atoms with Gasteiger partial charge in [0, 0.05) is 12.6 Å². The fourth-order valence-electron chi connectivity index (χ4n) is 1.60. The number of hydrogen-bond donors (Lipinski definition) is 2. The van der Waals surface area contributed by atoms with E-state index in [1.807, 2.05) is 11.8 Å². The third-order valence-corrected chi connectivity index (χ3v) is 2.46. The largest absolute Gasteiger partial charge is 0.351 e. The van der Waals surface area contributed by atoms with Crippen molar-refractivity contribution in [3.63, 3.8) is 0 Å². The number of nitrogens with two attached hydrogens (primary N) is 1. The zero-order valence-corrected chi connectivity index (χ0v) is 8.57. The molecule has 0 unspecified atom stereocenters. The summed E-state index contributed by atoms with van der Waals surface area (Å²) in [5, 5.41) is 0. The molecule has 0 saturated heterocycles. The second kappa shape index (κ2) is 3.98. The van der Waals surface area contributed by atoms with Crippen molar-refractivity contribution in [2.75, 3.05) is 16.9 Å². The summed E-state index contributed by atoms with van der Waals surface area (Å²) in [6.45, 7) is 2.72. The van der Waals surface area contributed by atoms with Crippen LogP contribution in [0.5, 0.6) is 0 Å². The summed E-state index contributed by atoms with van der Waals surface area (Å²) < 4.78 is 13.5. The highest BCUT2D eigenvalue weighted by Gasteiger charge is 2.30. The Morgan fingerprint density at radius 2 is 2.40 bits per heavy atom. The summed E-state index contributed by atoms with van der Waals surface area (Å²) >= 11 is 0. The minimum atomic E-state index is -0.400. The van der Waals surface area contributed by atoms with Crippen molar-refractivity contribution in [3.8, 4) is 0 Å². The summed E-state index contributed by atoms with van der Waals surface area (Å²) in [4.78, 5) is 9.67. The summed E-state index contributed by atoms with van der Waals surface area (Å²) in [7, 11) is 0. The van der Waals surface area contributed by atoms with Crippen molar-refractivity contribution in [3.05, 3.63) is 12.0 Å². The van der Waals surface area contributed by atoms with E-state index in [1.54, 1.807) is 0 Å². The second-order valence-electron chi connectivity index (χ2n) is 3.53. The fourth-order valence-corrected chi connectivity index (χ4v) is 1.60. The molecule has 1 aromatic heterocycles. The average Bonchev–Trinajstić information content (AvgIpc) is 3.06. The van der Waals surface area contributed by atoms with Crippen LogP contribution in [0.1, 0.15) is 19.8 Å². The molecule has 2 rings (SSSR count). The van der Waals surface area contributed by atoms with E-state index >= 15 is 0 Å². The molecule has 1 saturated carbocycles. The maximum absolute atomic E-state index is 13.5. The number of hydrazine groups is 1. The summed E-state index contributed by atoms with van der Waals surface area (Å²) in [5.41, 5.74) is 2.32. The van der Waals surface area contributed by atoms with Gasteiger partial charge in [-0.05, 0) is 19.8 Å². The molecule has 0 atom stereocenters. The molecule has 5 nitrogen and oxygen atoms in total. The highest BCUT2D eigenvalue weighted by atomic mass is 19.1. The van der Waals surface area contributed by atoms with E-state index < -0.39 is 5.82 Å². The molecule has 0 spiro atoms. The topological polar surface area (TPSA) is 67.1 Å². The lowest BCUT2D eigenvalue weighted by Gasteiger charge is -2.21. The molecule has 15 heavy (non-hydrogen) atoms. The van der Waals surface area contributed by atoms with Gasteiger partial charge in [-0.25, -0.2) is 15.2 Å². The first-order valence-electron chi connectivity index (χ1n) is 5.02. The van der Waals surface area contributed by atoms with Gasteiger partial charge >= 0.3 is 0 Å². The molecular weight excluding hydrogens is 197 g/mol. The van der Waals surface area contributed by atoms with Crippen LogP contribution in [0.2, 0.25) is 0 Å². The molecule has 6 heteroatoms. The minimum absolute atomic E-state index is 0.241. The van der Waals surface area contributed by atoms with E-state index in [4.69, 9.17) is 5.84 Å². The Morgan fingerprint density at radius 1 is 1.67 bits per heavy atom. The van der Waals surface area contributed by atoms with Gasteiger partial charge in [0.05, 0.1) is 6.20 Å². The van der Waals surface area contributed by atoms with Crippen molar-refractivity contribution in [2.24, 2.45) is 5.84 Å². The first-order chi connectivity index (χ1) is 7.26. The molecule has 0 aromatic carbocycles. The fraction of sp³-hybridized carbons (Fsp3) is 0.556. The highest BCUT2D eigenvalue weighted by Crippen LogP contribution is 2.31. The Kier molecular flexibility index (Phi) is 2.68. The third kappa shape index (κ3) is 1.99. The van der Waals surface area contributed by atoms with Crippen LogP contribution in [0, 0.1) is 5.82 Å². The molecule has 0 radical (unpaired) electrons. The van der Waals surface area contributed by atoms with Gasteiger partial charge in [0.1, 0.15) is 0 Å². The van der Waals surface area contributed by atoms with Crippen LogP contribution >= 0.6 is 0 Å². The van der Waals surface area contributed by atoms with Crippen LogP contribution in [0.3, 0.4) is 0 Å². The molecule has 1 aliphatic carbocycles. The number of nitrogen functional groups attached to an aromatic ring is 1. The molecule has 1 aliphatic rings. The monoisotopic (exact) mass is 211 g/mol. The van der Waals surface area contributed by atoms with Gasteiger partial charge in [-0.2, -0.15) is 4.98 Å². The third-order valence-electron chi connectivity index (χ3n) is 2.46. The van der Waals surface area contributed by atoms with Gasteiger partial charge in [0.15, 0.2) is 11.6 Å². The second-order valence-corrected chi connectivity index (χ2v) is 3.53. The van der Waals surface area contributed by atoms with Crippen molar-refractivity contribution >= 4 is 11.8 Å². The normalized spacial score (nSPS) is 15.1. The standard InChI is InChI=1S/C9H14FN5/c1-2-15(6-3-4-6)8-7(10)5-12-9(13-8)14-11/h5-6H,2-4,11H2,1H3,(H,12,13,14). The molecular formula is C9H14FN5. The number of nitrogens with zero attached hydrogens (tertiary/aromatic N) is 3. The Morgan fingerprint density at radius 3 is 2.93 bits per heavy atom. The van der Waals surface area contributed by atoms with E-state index in [0.717, 1.165) is 25.6 Å². The predicted molar refractivity (Wildman–Crippen MR) is 55.8 cm³/mol. The summed E-state index contributed by atoms with van der Waals surface area (Å²) in [5.74, 6) is 5.36. The zero-order valence-electron chi connectivity index (χ0n) is 8.57. The number of halogens is 1. The van der Waals surface area contributed by atoms with Crippen LogP contribution < -0.4 is 16.2 Å². The van der Waals surface area contributed by atoms with E-state index in [1.165, 1.54) is 0 Å². The first kappa shape index (κ1) is 10.1. The van der Waals surface area contributed by atoms with Gasteiger partial charge < -0.3 is 4.90 Å². The van der Waals surface area contributed by atoms with Crippen molar-refractivity contribution in [1.82, 2.24) is 9.97 Å². The van der Waals surface area contributed by atoms with Gasteiger partial charge in [-0.15, -0.1) is 0 Å². The van der Waals surface area contributed by atoms with Crippen LogP contribution in [0.4, 0.5) is 16.2 Å². The number of rotatable bonds is 4. The number of anilines is 2. The SMILES string of the molecule is CCN(c1nc(NN)ncc1F)C1CC1. The Balaban J connectivity index is 2.31. The predicted octanol–water partition coefficient (Wildman–Crippen LogP) is 0.890. The number of aromatic nitrogens is 2. The molecule has 82 valence electrons. The Hall–Kier alpha value is -1.43. The lowest BCUT2D eigenvalue weighted by Crippen LogP contribution is -2.28. The lowest BCUT2D eigenvalue weighted by atomic mass is 10.4. The smallest absolute Gasteiger partial charge is 0.239 e.